The Morgan fingerprint density at radius 2 is 1.45 bits per heavy atom. The molecule has 0 aliphatic carbocycles. The van der Waals surface area contributed by atoms with Gasteiger partial charge in [-0.25, -0.2) is 0 Å². The molecule has 0 aromatic rings. The van der Waals surface area contributed by atoms with Crippen molar-refractivity contribution in [3.8, 4) is 0 Å². The average molecular weight is 292 g/mol. The quantitative estimate of drug-likeness (QED) is 0.547. The Morgan fingerprint density at radius 3 is 1.60 bits per heavy atom. The van der Waals surface area contributed by atoms with E-state index in [1.165, 1.54) is 0 Å². The van der Waals surface area contributed by atoms with Crippen LogP contribution in [-0.4, -0.2) is 46.2 Å². The van der Waals surface area contributed by atoms with E-state index in [0.29, 0.717) is 6.42 Å². The van der Waals surface area contributed by atoms with Crippen molar-refractivity contribution in [3.63, 3.8) is 0 Å². The number of hydrogen-bond donors (Lipinski definition) is 4. The van der Waals surface area contributed by atoms with E-state index in [1.807, 2.05) is 13.8 Å². The van der Waals surface area contributed by atoms with Crippen molar-refractivity contribution in [3.05, 3.63) is 0 Å². The van der Waals surface area contributed by atoms with E-state index >= 15 is 0 Å². The lowest BCUT2D eigenvalue weighted by Gasteiger charge is -2.26. The molecular weight excluding hydrogens is 260 g/mol. The zero-order valence-corrected chi connectivity index (χ0v) is 13.5. The summed E-state index contributed by atoms with van der Waals surface area (Å²) < 4.78 is 0. The molecule has 0 aromatic carbocycles. The zero-order chi connectivity index (χ0) is 16.4. The van der Waals surface area contributed by atoms with Gasteiger partial charge in [0.05, 0.1) is 25.2 Å². The number of carbonyl (C=O) groups is 1. The van der Waals surface area contributed by atoms with E-state index in [1.54, 1.807) is 13.8 Å². The predicted octanol–water partition coefficient (Wildman–Crippen LogP) is 1.89. The van der Waals surface area contributed by atoms with Crippen LogP contribution in [0, 0.1) is 16.7 Å². The van der Waals surface area contributed by atoms with Gasteiger partial charge in [0.25, 0.3) is 0 Å². The zero-order valence-electron chi connectivity index (χ0n) is 13.5. The van der Waals surface area contributed by atoms with E-state index in [0.717, 1.165) is 12.8 Å². The first-order valence-corrected chi connectivity index (χ1v) is 7.23. The molecule has 5 heteroatoms. The summed E-state index contributed by atoms with van der Waals surface area (Å²) in [6, 6.07) is 0. The van der Waals surface area contributed by atoms with Crippen molar-refractivity contribution in [2.45, 2.75) is 53.9 Å². The van der Waals surface area contributed by atoms with Crippen LogP contribution >= 0.6 is 0 Å². The summed E-state index contributed by atoms with van der Waals surface area (Å²) >= 11 is 0. The van der Waals surface area contributed by atoms with Crippen LogP contribution in [0.5, 0.6) is 0 Å². The van der Waals surface area contributed by atoms with Gasteiger partial charge in [-0.2, -0.15) is 0 Å². The third-order valence-electron chi connectivity index (χ3n) is 4.26. The Bertz CT molecular complexity index is 241. The molecule has 0 spiro atoms. The van der Waals surface area contributed by atoms with Gasteiger partial charge in [0.2, 0.25) is 0 Å². The first-order valence-electron chi connectivity index (χ1n) is 7.23. The molecule has 4 N–H and O–H groups in total. The summed E-state index contributed by atoms with van der Waals surface area (Å²) in [4.78, 5) is 10.7. The van der Waals surface area contributed by atoms with E-state index in [2.05, 4.69) is 6.92 Å². The second-order valence-corrected chi connectivity index (χ2v) is 6.04. The molecule has 1 atom stereocenters. The van der Waals surface area contributed by atoms with Crippen molar-refractivity contribution in [1.82, 2.24) is 0 Å². The standard InChI is InChI=1S/C9H18O2.C6H14O3/c1-5-6-7(2)9(3,4)8(10)11;1-2-6(3-7,4-8)5-9/h7H,5-6H2,1-4H3,(H,10,11);7-9H,2-5H2,1H3. The van der Waals surface area contributed by atoms with Crippen LogP contribution in [0.25, 0.3) is 0 Å². The highest BCUT2D eigenvalue weighted by atomic mass is 16.4. The number of aliphatic hydroxyl groups is 3. The van der Waals surface area contributed by atoms with Gasteiger partial charge in [-0.05, 0) is 32.6 Å². The summed E-state index contributed by atoms with van der Waals surface area (Å²) in [6.07, 6.45) is 2.63. The third-order valence-corrected chi connectivity index (χ3v) is 4.26. The second kappa shape index (κ2) is 10.1. The maximum Gasteiger partial charge on any atom is 0.309 e. The van der Waals surface area contributed by atoms with Crippen molar-refractivity contribution in [2.24, 2.45) is 16.7 Å². The number of carboxylic acids is 1. The molecule has 0 amide bonds. The number of hydrogen-bond acceptors (Lipinski definition) is 4. The van der Waals surface area contributed by atoms with Gasteiger partial charge in [0, 0.05) is 5.41 Å². The van der Waals surface area contributed by atoms with E-state index < -0.39 is 16.8 Å². The minimum atomic E-state index is -0.696. The van der Waals surface area contributed by atoms with Crippen LogP contribution in [0.15, 0.2) is 0 Å². The first-order chi connectivity index (χ1) is 9.17. The number of aliphatic hydroxyl groups excluding tert-OH is 3. The molecule has 0 bridgehead atoms. The molecule has 0 saturated heterocycles. The van der Waals surface area contributed by atoms with Gasteiger partial charge in [-0.1, -0.05) is 27.2 Å². The molecule has 20 heavy (non-hydrogen) atoms. The molecule has 0 heterocycles. The first kappa shape index (κ1) is 21.6. The predicted molar refractivity (Wildman–Crippen MR) is 79.5 cm³/mol. The Kier molecular flexibility index (Phi) is 11.0. The lowest BCUT2D eigenvalue weighted by molar-refractivity contribution is -0.149. The van der Waals surface area contributed by atoms with Crippen LogP contribution in [-0.2, 0) is 4.79 Å². The van der Waals surface area contributed by atoms with Gasteiger partial charge < -0.3 is 20.4 Å². The van der Waals surface area contributed by atoms with Gasteiger partial charge in [-0.3, -0.25) is 4.79 Å². The van der Waals surface area contributed by atoms with E-state index in [9.17, 15) is 4.79 Å². The fourth-order valence-corrected chi connectivity index (χ4v) is 1.49. The lowest BCUT2D eigenvalue weighted by atomic mass is 9.78. The molecule has 0 aliphatic rings. The Labute approximate surface area is 122 Å². The van der Waals surface area contributed by atoms with Gasteiger partial charge in [0.15, 0.2) is 0 Å². The molecule has 122 valence electrons. The van der Waals surface area contributed by atoms with Gasteiger partial charge in [0.1, 0.15) is 0 Å². The second-order valence-electron chi connectivity index (χ2n) is 6.04. The average Bonchev–Trinajstić information content (AvgIpc) is 2.43. The minimum absolute atomic E-state index is 0.156. The molecule has 0 radical (unpaired) electrons. The summed E-state index contributed by atoms with van der Waals surface area (Å²) in [7, 11) is 0. The smallest absolute Gasteiger partial charge is 0.309 e. The normalized spacial score (nSPS) is 13.4. The molecule has 0 rings (SSSR count). The summed E-state index contributed by atoms with van der Waals surface area (Å²) in [6.45, 7) is 9.00. The monoisotopic (exact) mass is 292 g/mol. The Hall–Kier alpha value is -0.650. The number of aliphatic carboxylic acids is 1. The molecular formula is C15H32O5. The molecule has 0 saturated carbocycles. The SMILES string of the molecule is CCC(CO)(CO)CO.CCCC(C)C(C)(C)C(=O)O. The van der Waals surface area contributed by atoms with E-state index in [-0.39, 0.29) is 25.7 Å². The topological polar surface area (TPSA) is 98.0 Å². The summed E-state index contributed by atoms with van der Waals surface area (Å²) in [5.74, 6) is -0.441. The number of carboxylic acid groups (broad SMARTS) is 1. The van der Waals surface area contributed by atoms with E-state index in [4.69, 9.17) is 20.4 Å². The van der Waals surface area contributed by atoms with Crippen molar-refractivity contribution < 1.29 is 25.2 Å². The van der Waals surface area contributed by atoms with Crippen LogP contribution in [0.2, 0.25) is 0 Å². The lowest BCUT2D eigenvalue weighted by Crippen LogP contribution is -2.32. The van der Waals surface area contributed by atoms with Crippen LogP contribution in [0.1, 0.15) is 53.9 Å². The molecule has 0 aromatic heterocycles. The van der Waals surface area contributed by atoms with Crippen LogP contribution in [0.4, 0.5) is 0 Å². The Morgan fingerprint density at radius 1 is 1.05 bits per heavy atom. The number of rotatable bonds is 8. The fourth-order valence-electron chi connectivity index (χ4n) is 1.49. The van der Waals surface area contributed by atoms with Crippen molar-refractivity contribution in [1.29, 1.82) is 0 Å². The summed E-state index contributed by atoms with van der Waals surface area (Å²) in [5.41, 5.74) is -1.24. The third kappa shape index (κ3) is 6.68. The Balaban J connectivity index is 0. The van der Waals surface area contributed by atoms with Gasteiger partial charge in [-0.15, -0.1) is 0 Å². The molecule has 5 nitrogen and oxygen atoms in total. The maximum absolute atomic E-state index is 10.7. The van der Waals surface area contributed by atoms with Crippen molar-refractivity contribution in [2.75, 3.05) is 19.8 Å². The fraction of sp³-hybridized carbons (Fsp3) is 0.933. The summed E-state index contributed by atoms with van der Waals surface area (Å²) in [5, 5.41) is 34.8. The molecule has 1 unspecified atom stereocenters. The van der Waals surface area contributed by atoms with Crippen molar-refractivity contribution >= 4 is 5.97 Å². The highest BCUT2D eigenvalue weighted by Crippen LogP contribution is 2.29. The molecule has 0 aliphatic heterocycles. The van der Waals surface area contributed by atoms with Crippen LogP contribution < -0.4 is 0 Å². The highest BCUT2D eigenvalue weighted by molar-refractivity contribution is 5.73. The van der Waals surface area contributed by atoms with Crippen LogP contribution in [0.3, 0.4) is 0 Å². The molecule has 0 fully saturated rings. The highest BCUT2D eigenvalue weighted by Gasteiger charge is 2.32. The van der Waals surface area contributed by atoms with Gasteiger partial charge >= 0.3 is 5.97 Å². The largest absolute Gasteiger partial charge is 0.481 e. The maximum atomic E-state index is 10.7. The minimum Gasteiger partial charge on any atom is -0.481 e.